The van der Waals surface area contributed by atoms with E-state index in [9.17, 15) is 4.79 Å². The second kappa shape index (κ2) is 3.18. The van der Waals surface area contributed by atoms with Gasteiger partial charge in [-0.3, -0.25) is 4.79 Å². The van der Waals surface area contributed by atoms with Crippen LogP contribution in [0, 0.1) is 0 Å². The van der Waals surface area contributed by atoms with Crippen molar-refractivity contribution in [1.82, 2.24) is 4.57 Å². The van der Waals surface area contributed by atoms with Crippen LogP contribution in [-0.2, 0) is 11.5 Å². The number of nitrogens with zero attached hydrogens (tertiary/aromatic N) is 1. The summed E-state index contributed by atoms with van der Waals surface area (Å²) in [5.74, 6) is 0. The molecule has 2 nitrogen and oxygen atoms in total. The number of aromatic nitrogens is 1. The highest BCUT2D eigenvalue weighted by atomic mass is 127. The van der Waals surface area contributed by atoms with Crippen molar-refractivity contribution in [2.45, 2.75) is 4.43 Å². The molecule has 0 spiro atoms. The lowest BCUT2D eigenvalue weighted by molar-refractivity contribution is 0.851. The Morgan fingerprint density at radius 2 is 2.30 bits per heavy atom. The first-order valence-corrected chi connectivity index (χ1v) is 4.48. The van der Waals surface area contributed by atoms with E-state index in [0.717, 1.165) is 4.43 Å². The molecule has 10 heavy (non-hydrogen) atoms. The van der Waals surface area contributed by atoms with Crippen LogP contribution in [0.1, 0.15) is 5.56 Å². The SMILES string of the molecule is Cn1cc(CI)ccc1=O. The number of pyridine rings is 1. The Morgan fingerprint density at radius 3 is 2.80 bits per heavy atom. The average Bonchev–Trinajstić information content (AvgIpc) is 1.95. The summed E-state index contributed by atoms with van der Waals surface area (Å²) in [6.45, 7) is 0. The molecule has 0 saturated heterocycles. The molecule has 0 fully saturated rings. The normalized spacial score (nSPS) is 9.80. The maximum absolute atomic E-state index is 10.8. The van der Waals surface area contributed by atoms with Crippen LogP contribution in [0.5, 0.6) is 0 Å². The minimum atomic E-state index is 0.0496. The van der Waals surface area contributed by atoms with E-state index in [1.807, 2.05) is 12.3 Å². The third-order valence-electron chi connectivity index (χ3n) is 1.30. The van der Waals surface area contributed by atoms with Gasteiger partial charge in [-0.15, -0.1) is 0 Å². The standard InChI is InChI=1S/C7H8INO/c1-9-5-6(4-8)2-3-7(9)10/h2-3,5H,4H2,1H3. The smallest absolute Gasteiger partial charge is 0.250 e. The fraction of sp³-hybridized carbons (Fsp3) is 0.286. The van der Waals surface area contributed by atoms with Crippen LogP contribution in [0.15, 0.2) is 23.1 Å². The van der Waals surface area contributed by atoms with E-state index in [1.165, 1.54) is 5.56 Å². The maximum atomic E-state index is 10.8. The molecule has 0 aliphatic heterocycles. The second-order valence-corrected chi connectivity index (χ2v) is 2.88. The molecule has 0 radical (unpaired) electrons. The van der Waals surface area contributed by atoms with Crippen LogP contribution >= 0.6 is 22.6 Å². The molecule has 1 rings (SSSR count). The van der Waals surface area contributed by atoms with Crippen molar-refractivity contribution < 1.29 is 0 Å². The fourth-order valence-electron chi connectivity index (χ4n) is 0.730. The van der Waals surface area contributed by atoms with Crippen molar-refractivity contribution in [2.75, 3.05) is 0 Å². The number of alkyl halides is 1. The molecule has 0 unspecified atom stereocenters. The van der Waals surface area contributed by atoms with Crippen molar-refractivity contribution in [2.24, 2.45) is 7.05 Å². The predicted molar refractivity (Wildman–Crippen MR) is 49.4 cm³/mol. The molecule has 54 valence electrons. The van der Waals surface area contributed by atoms with E-state index in [0.29, 0.717) is 0 Å². The van der Waals surface area contributed by atoms with Gasteiger partial charge in [0.15, 0.2) is 0 Å². The van der Waals surface area contributed by atoms with Crippen molar-refractivity contribution in [3.05, 3.63) is 34.2 Å². The summed E-state index contributed by atoms with van der Waals surface area (Å²) in [5, 5.41) is 0. The topological polar surface area (TPSA) is 22.0 Å². The second-order valence-electron chi connectivity index (χ2n) is 2.12. The third kappa shape index (κ3) is 1.59. The predicted octanol–water partition coefficient (Wildman–Crippen LogP) is 1.32. The van der Waals surface area contributed by atoms with Crippen molar-refractivity contribution in [3.63, 3.8) is 0 Å². The summed E-state index contributed by atoms with van der Waals surface area (Å²) < 4.78 is 2.54. The van der Waals surface area contributed by atoms with Gasteiger partial charge in [-0.1, -0.05) is 28.7 Å². The van der Waals surface area contributed by atoms with Crippen molar-refractivity contribution in [3.8, 4) is 0 Å². The van der Waals surface area contributed by atoms with Gasteiger partial charge in [0, 0.05) is 23.7 Å². The van der Waals surface area contributed by atoms with Crippen LogP contribution < -0.4 is 5.56 Å². The van der Waals surface area contributed by atoms with E-state index >= 15 is 0 Å². The first-order chi connectivity index (χ1) is 4.74. The number of halogens is 1. The van der Waals surface area contributed by atoms with Crippen LogP contribution in [0.4, 0.5) is 0 Å². The van der Waals surface area contributed by atoms with Gasteiger partial charge in [0.25, 0.3) is 0 Å². The first kappa shape index (κ1) is 7.78. The Morgan fingerprint density at radius 1 is 1.60 bits per heavy atom. The van der Waals surface area contributed by atoms with Crippen LogP contribution in [0.25, 0.3) is 0 Å². The van der Waals surface area contributed by atoms with Crippen LogP contribution in [-0.4, -0.2) is 4.57 Å². The molecule has 0 bridgehead atoms. The van der Waals surface area contributed by atoms with E-state index in [1.54, 1.807) is 17.7 Å². The van der Waals surface area contributed by atoms with E-state index in [2.05, 4.69) is 22.6 Å². The molecule has 0 N–H and O–H groups in total. The van der Waals surface area contributed by atoms with Gasteiger partial charge in [-0.2, -0.15) is 0 Å². The summed E-state index contributed by atoms with van der Waals surface area (Å²) in [6, 6.07) is 3.45. The van der Waals surface area contributed by atoms with E-state index < -0.39 is 0 Å². The summed E-state index contributed by atoms with van der Waals surface area (Å²) in [6.07, 6.45) is 1.86. The van der Waals surface area contributed by atoms with Gasteiger partial charge in [-0.05, 0) is 5.56 Å². The highest BCUT2D eigenvalue weighted by Gasteiger charge is 1.90. The lowest BCUT2D eigenvalue weighted by Crippen LogP contribution is -2.14. The zero-order valence-electron chi connectivity index (χ0n) is 5.67. The fourth-order valence-corrected chi connectivity index (χ4v) is 1.18. The molecule has 0 aliphatic rings. The highest BCUT2D eigenvalue weighted by Crippen LogP contribution is 2.00. The number of hydrogen-bond donors (Lipinski definition) is 0. The molecule has 1 aromatic rings. The van der Waals surface area contributed by atoms with Gasteiger partial charge >= 0.3 is 0 Å². The van der Waals surface area contributed by atoms with Gasteiger partial charge in [0.1, 0.15) is 0 Å². The Labute approximate surface area is 73.0 Å². The lowest BCUT2D eigenvalue weighted by atomic mass is 10.3. The van der Waals surface area contributed by atoms with Crippen LogP contribution in [0.2, 0.25) is 0 Å². The number of aryl methyl sites for hydroxylation is 1. The number of hydrogen-bond acceptors (Lipinski definition) is 1. The average molecular weight is 249 g/mol. The van der Waals surface area contributed by atoms with Crippen molar-refractivity contribution in [1.29, 1.82) is 0 Å². The van der Waals surface area contributed by atoms with Gasteiger partial charge in [-0.25, -0.2) is 0 Å². The van der Waals surface area contributed by atoms with Gasteiger partial charge in [0.2, 0.25) is 5.56 Å². The largest absolute Gasteiger partial charge is 0.318 e. The summed E-state index contributed by atoms with van der Waals surface area (Å²) in [7, 11) is 1.76. The minimum absolute atomic E-state index is 0.0496. The quantitative estimate of drug-likeness (QED) is 0.543. The molecule has 0 atom stereocenters. The van der Waals surface area contributed by atoms with Gasteiger partial charge < -0.3 is 4.57 Å². The number of rotatable bonds is 1. The molecule has 0 saturated carbocycles. The monoisotopic (exact) mass is 249 g/mol. The van der Waals surface area contributed by atoms with E-state index in [4.69, 9.17) is 0 Å². The molecular weight excluding hydrogens is 241 g/mol. The molecular formula is C7H8INO. The molecule has 0 aliphatic carbocycles. The highest BCUT2D eigenvalue weighted by molar-refractivity contribution is 14.1. The third-order valence-corrected chi connectivity index (χ3v) is 2.18. The Balaban J connectivity index is 3.17. The first-order valence-electron chi connectivity index (χ1n) is 2.95. The Bertz CT molecular complexity index is 279. The molecule has 3 heteroatoms. The van der Waals surface area contributed by atoms with Crippen LogP contribution in [0.3, 0.4) is 0 Å². The molecule has 0 aromatic carbocycles. The summed E-state index contributed by atoms with van der Waals surface area (Å²) >= 11 is 2.27. The van der Waals surface area contributed by atoms with Crippen molar-refractivity contribution >= 4 is 22.6 Å². The minimum Gasteiger partial charge on any atom is -0.318 e. The molecule has 1 aromatic heterocycles. The van der Waals surface area contributed by atoms with E-state index in [-0.39, 0.29) is 5.56 Å². The van der Waals surface area contributed by atoms with Gasteiger partial charge in [0.05, 0.1) is 0 Å². The summed E-state index contributed by atoms with van der Waals surface area (Å²) in [4.78, 5) is 10.8. The molecule has 1 heterocycles. The summed E-state index contributed by atoms with van der Waals surface area (Å²) in [5.41, 5.74) is 1.23. The maximum Gasteiger partial charge on any atom is 0.250 e. The zero-order valence-corrected chi connectivity index (χ0v) is 7.83. The lowest BCUT2D eigenvalue weighted by Gasteiger charge is -1.97. The zero-order chi connectivity index (χ0) is 7.56. The molecule has 0 amide bonds. The Hall–Kier alpha value is -0.320. The Kier molecular flexibility index (Phi) is 2.48.